The Morgan fingerprint density at radius 2 is 1.48 bits per heavy atom. The smallest absolute Gasteiger partial charge is 0.197 e. The van der Waals surface area contributed by atoms with E-state index in [1.165, 1.54) is 0 Å². The van der Waals surface area contributed by atoms with E-state index in [9.17, 15) is 14.4 Å². The Kier molecular flexibility index (Phi) is 4.79. The third-order valence-electron chi connectivity index (χ3n) is 4.74. The number of methoxy groups -OCH3 is 1. The van der Waals surface area contributed by atoms with Crippen molar-refractivity contribution in [2.24, 2.45) is 0 Å². The molecule has 0 amide bonds. The van der Waals surface area contributed by atoms with Gasteiger partial charge in [0, 0.05) is 33.7 Å². The maximum atomic E-state index is 13.4. The minimum atomic E-state index is -0.221. The molecule has 0 unspecified atom stereocenters. The Morgan fingerprint density at radius 1 is 0.862 bits per heavy atom. The molecule has 0 aliphatic carbocycles. The molecule has 1 aromatic heterocycles. The predicted octanol–water partition coefficient (Wildman–Crippen LogP) is 4.96. The summed E-state index contributed by atoms with van der Waals surface area (Å²) < 4.78 is 11.3. The highest BCUT2D eigenvalue weighted by Crippen LogP contribution is 2.36. The van der Waals surface area contributed by atoms with Gasteiger partial charge >= 0.3 is 0 Å². The molecule has 0 aliphatic heterocycles. The van der Waals surface area contributed by atoms with Gasteiger partial charge in [-0.3, -0.25) is 14.4 Å². The number of aldehydes is 2. The quantitative estimate of drug-likeness (QED) is 0.347. The van der Waals surface area contributed by atoms with E-state index in [0.29, 0.717) is 50.3 Å². The van der Waals surface area contributed by atoms with Crippen molar-refractivity contribution in [3.63, 3.8) is 0 Å². The van der Waals surface area contributed by atoms with Gasteiger partial charge in [0.15, 0.2) is 5.78 Å². The molecule has 4 rings (SSSR count). The van der Waals surface area contributed by atoms with Crippen molar-refractivity contribution in [1.82, 2.24) is 0 Å². The number of furan rings is 1. The summed E-state index contributed by atoms with van der Waals surface area (Å²) in [5.74, 6) is 0.805. The van der Waals surface area contributed by atoms with Crippen LogP contribution in [0.25, 0.3) is 22.3 Å². The molecule has 4 aromatic rings. The van der Waals surface area contributed by atoms with Crippen LogP contribution in [0.1, 0.15) is 36.6 Å². The maximum absolute atomic E-state index is 13.4. The minimum Gasteiger partial charge on any atom is -0.497 e. The largest absolute Gasteiger partial charge is 0.497 e. The molecule has 0 bridgehead atoms. The first-order valence-electron chi connectivity index (χ1n) is 8.90. The molecule has 0 aliphatic rings. The van der Waals surface area contributed by atoms with Crippen LogP contribution in [0.2, 0.25) is 0 Å². The molecule has 5 nitrogen and oxygen atoms in total. The van der Waals surface area contributed by atoms with Crippen LogP contribution in [-0.4, -0.2) is 25.5 Å². The molecule has 0 radical (unpaired) electrons. The fourth-order valence-electron chi connectivity index (χ4n) is 3.20. The lowest BCUT2D eigenvalue weighted by molar-refractivity contribution is 0.103. The van der Waals surface area contributed by atoms with E-state index in [2.05, 4.69) is 0 Å². The van der Waals surface area contributed by atoms with E-state index in [0.717, 1.165) is 12.6 Å². The average Bonchev–Trinajstić information content (AvgIpc) is 3.17. The normalized spacial score (nSPS) is 10.7. The number of benzene rings is 3. The summed E-state index contributed by atoms with van der Waals surface area (Å²) in [5, 5.41) is 0.657. The van der Waals surface area contributed by atoms with Crippen LogP contribution < -0.4 is 4.74 Å². The van der Waals surface area contributed by atoms with Crippen LogP contribution >= 0.6 is 0 Å². The van der Waals surface area contributed by atoms with Crippen molar-refractivity contribution in [3.8, 4) is 17.1 Å². The molecule has 0 saturated carbocycles. The Balaban J connectivity index is 1.92. The Bertz CT molecular complexity index is 1210. The Morgan fingerprint density at radius 3 is 2.07 bits per heavy atom. The SMILES string of the molecule is COc1ccc2c(C(=O)c3ccc(C=O)cc3)c(-c3ccc(C=O)cc3)oc2c1. The number of carbonyl (C=O) groups is 3. The van der Waals surface area contributed by atoms with Crippen molar-refractivity contribution in [2.45, 2.75) is 0 Å². The number of hydrogen-bond donors (Lipinski definition) is 0. The van der Waals surface area contributed by atoms with Crippen LogP contribution in [0.15, 0.2) is 71.1 Å². The lowest BCUT2D eigenvalue weighted by Crippen LogP contribution is -2.02. The summed E-state index contributed by atoms with van der Waals surface area (Å²) in [6.07, 6.45) is 1.49. The van der Waals surface area contributed by atoms with Gasteiger partial charge in [-0.1, -0.05) is 48.5 Å². The first-order chi connectivity index (χ1) is 14.1. The average molecular weight is 384 g/mol. The number of ether oxygens (including phenoxy) is 1. The maximum Gasteiger partial charge on any atom is 0.197 e. The van der Waals surface area contributed by atoms with Gasteiger partial charge in [-0.2, -0.15) is 0 Å². The fraction of sp³-hybridized carbons (Fsp3) is 0.0417. The van der Waals surface area contributed by atoms with Crippen LogP contribution in [0, 0.1) is 0 Å². The standard InChI is InChI=1S/C24H16O5/c1-28-19-10-11-20-21(12-19)29-24(18-8-4-16(14-26)5-9-18)22(20)23(27)17-6-2-15(13-25)3-7-17/h2-14H,1H3. The zero-order chi connectivity index (χ0) is 20.4. The lowest BCUT2D eigenvalue weighted by atomic mass is 9.96. The Hall–Kier alpha value is -3.99. The third kappa shape index (κ3) is 3.34. The summed E-state index contributed by atoms with van der Waals surface area (Å²) >= 11 is 0. The molecular weight excluding hydrogens is 368 g/mol. The highest BCUT2D eigenvalue weighted by molar-refractivity contribution is 6.19. The van der Waals surface area contributed by atoms with Gasteiger partial charge in [0.2, 0.25) is 0 Å². The van der Waals surface area contributed by atoms with Crippen LogP contribution in [0.3, 0.4) is 0 Å². The second kappa shape index (κ2) is 7.56. The first-order valence-corrected chi connectivity index (χ1v) is 8.90. The second-order valence-corrected chi connectivity index (χ2v) is 6.48. The Labute approximate surface area is 166 Å². The molecule has 1 heterocycles. The van der Waals surface area contributed by atoms with Crippen LogP contribution in [-0.2, 0) is 0 Å². The van der Waals surface area contributed by atoms with Crippen LogP contribution in [0.5, 0.6) is 5.75 Å². The van der Waals surface area contributed by atoms with E-state index in [-0.39, 0.29) is 5.78 Å². The zero-order valence-corrected chi connectivity index (χ0v) is 15.5. The highest BCUT2D eigenvalue weighted by Gasteiger charge is 2.23. The van der Waals surface area contributed by atoms with Crippen molar-refractivity contribution in [2.75, 3.05) is 7.11 Å². The zero-order valence-electron chi connectivity index (χ0n) is 15.5. The van der Waals surface area contributed by atoms with Gasteiger partial charge in [-0.15, -0.1) is 0 Å². The van der Waals surface area contributed by atoms with E-state index < -0.39 is 0 Å². The number of fused-ring (bicyclic) bond motifs is 1. The summed E-state index contributed by atoms with van der Waals surface area (Å²) in [6, 6.07) is 18.5. The molecule has 0 saturated heterocycles. The molecule has 0 N–H and O–H groups in total. The predicted molar refractivity (Wildman–Crippen MR) is 109 cm³/mol. The fourth-order valence-corrected chi connectivity index (χ4v) is 3.20. The highest BCUT2D eigenvalue weighted by atomic mass is 16.5. The van der Waals surface area contributed by atoms with E-state index in [1.54, 1.807) is 73.8 Å². The monoisotopic (exact) mass is 384 g/mol. The number of rotatable bonds is 6. The molecule has 0 spiro atoms. The van der Waals surface area contributed by atoms with Gasteiger partial charge < -0.3 is 9.15 Å². The molecule has 3 aromatic carbocycles. The summed E-state index contributed by atoms with van der Waals surface area (Å²) in [5.41, 5.74) is 3.09. The number of hydrogen-bond acceptors (Lipinski definition) is 5. The first kappa shape index (κ1) is 18.4. The topological polar surface area (TPSA) is 73.6 Å². The van der Waals surface area contributed by atoms with Gasteiger partial charge in [0.25, 0.3) is 0 Å². The van der Waals surface area contributed by atoms with Gasteiger partial charge in [0.1, 0.15) is 29.7 Å². The van der Waals surface area contributed by atoms with Crippen molar-refractivity contribution in [1.29, 1.82) is 0 Å². The number of carbonyl (C=O) groups excluding carboxylic acids is 3. The summed E-state index contributed by atoms with van der Waals surface area (Å²) in [6.45, 7) is 0. The molecule has 142 valence electrons. The summed E-state index contributed by atoms with van der Waals surface area (Å²) in [4.78, 5) is 35.2. The minimum absolute atomic E-state index is 0.221. The number of ketones is 1. The van der Waals surface area contributed by atoms with Crippen LogP contribution in [0.4, 0.5) is 0 Å². The van der Waals surface area contributed by atoms with E-state index in [4.69, 9.17) is 9.15 Å². The third-order valence-corrected chi connectivity index (χ3v) is 4.74. The molecule has 29 heavy (non-hydrogen) atoms. The van der Waals surface area contributed by atoms with Crippen molar-refractivity contribution in [3.05, 3.63) is 89.0 Å². The van der Waals surface area contributed by atoms with Gasteiger partial charge in [-0.25, -0.2) is 0 Å². The van der Waals surface area contributed by atoms with Gasteiger partial charge in [-0.05, 0) is 12.1 Å². The van der Waals surface area contributed by atoms with Gasteiger partial charge in [0.05, 0.1) is 12.7 Å². The molecule has 0 fully saturated rings. The van der Waals surface area contributed by atoms with E-state index in [1.807, 2.05) is 0 Å². The lowest BCUT2D eigenvalue weighted by Gasteiger charge is -2.04. The van der Waals surface area contributed by atoms with Crippen molar-refractivity contribution >= 4 is 29.3 Å². The van der Waals surface area contributed by atoms with E-state index >= 15 is 0 Å². The molecule has 5 heteroatoms. The molecule has 0 atom stereocenters. The summed E-state index contributed by atoms with van der Waals surface area (Å²) in [7, 11) is 1.56. The van der Waals surface area contributed by atoms with Crippen molar-refractivity contribution < 1.29 is 23.5 Å². The second-order valence-electron chi connectivity index (χ2n) is 6.48. The molecular formula is C24H16O5.